The minimum Gasteiger partial charge on any atom is -0.426 e. The maximum absolute atomic E-state index is 10.8. The third-order valence-corrected chi connectivity index (χ3v) is 2.02. The fourth-order valence-corrected chi connectivity index (χ4v) is 1.32. The monoisotopic (exact) mass is 209 g/mol. The van der Waals surface area contributed by atoms with E-state index < -0.39 is 10.9 Å². The highest BCUT2D eigenvalue weighted by atomic mass is 16.6. The first-order valence-corrected chi connectivity index (χ1v) is 4.36. The Balaban J connectivity index is 3.29. The number of ether oxygens (including phenoxy) is 1. The fraction of sp³-hybridized carbons (Fsp3) is 0.300. The van der Waals surface area contributed by atoms with Crippen LogP contribution in [-0.2, 0) is 4.79 Å². The maximum atomic E-state index is 10.8. The topological polar surface area (TPSA) is 69.4 Å². The van der Waals surface area contributed by atoms with Crippen LogP contribution in [0, 0.1) is 24.0 Å². The van der Waals surface area contributed by atoms with Crippen LogP contribution < -0.4 is 4.74 Å². The first-order valence-electron chi connectivity index (χ1n) is 4.36. The van der Waals surface area contributed by atoms with Crippen LogP contribution in [0.25, 0.3) is 0 Å². The van der Waals surface area contributed by atoms with Gasteiger partial charge in [-0.2, -0.15) is 0 Å². The highest BCUT2D eigenvalue weighted by Gasteiger charge is 2.17. The first kappa shape index (κ1) is 11.2. The number of carbonyl (C=O) groups is 1. The second-order valence-electron chi connectivity index (χ2n) is 3.21. The minimum absolute atomic E-state index is 0.0446. The lowest BCUT2D eigenvalue weighted by atomic mass is 10.1. The highest BCUT2D eigenvalue weighted by molar-refractivity contribution is 5.71. The molecule has 0 saturated heterocycles. The van der Waals surface area contributed by atoms with Gasteiger partial charge in [0.05, 0.1) is 10.5 Å². The Morgan fingerprint density at radius 2 is 2.00 bits per heavy atom. The van der Waals surface area contributed by atoms with Crippen LogP contribution in [0.2, 0.25) is 0 Å². The van der Waals surface area contributed by atoms with Crippen molar-refractivity contribution in [1.29, 1.82) is 0 Å². The lowest BCUT2D eigenvalue weighted by molar-refractivity contribution is -0.385. The van der Waals surface area contributed by atoms with Crippen LogP contribution in [0.5, 0.6) is 5.75 Å². The number of rotatable bonds is 2. The largest absolute Gasteiger partial charge is 0.426 e. The minimum atomic E-state index is -0.498. The van der Waals surface area contributed by atoms with Gasteiger partial charge in [-0.25, -0.2) is 0 Å². The summed E-state index contributed by atoms with van der Waals surface area (Å²) in [4.78, 5) is 20.9. The molecule has 0 aliphatic heterocycles. The van der Waals surface area contributed by atoms with Gasteiger partial charge >= 0.3 is 5.97 Å². The Kier molecular flexibility index (Phi) is 3.04. The van der Waals surface area contributed by atoms with Gasteiger partial charge in [0, 0.05) is 13.0 Å². The number of hydrogen-bond donors (Lipinski definition) is 0. The van der Waals surface area contributed by atoms with Gasteiger partial charge in [0.2, 0.25) is 0 Å². The standard InChI is InChI=1S/C10H11NO4/c1-6-4-5-9(11(13)14)7(2)10(6)15-8(3)12/h4-5H,1-3H3. The van der Waals surface area contributed by atoms with Gasteiger partial charge in [-0.05, 0) is 25.5 Å². The van der Waals surface area contributed by atoms with E-state index in [1.807, 2.05) is 0 Å². The maximum Gasteiger partial charge on any atom is 0.308 e. The molecule has 0 N–H and O–H groups in total. The molecule has 0 spiro atoms. The summed E-state index contributed by atoms with van der Waals surface area (Å²) in [5.74, 6) is -0.210. The van der Waals surface area contributed by atoms with Gasteiger partial charge in [0.25, 0.3) is 5.69 Å². The van der Waals surface area contributed by atoms with Crippen LogP contribution in [0.15, 0.2) is 12.1 Å². The number of nitro groups is 1. The summed E-state index contributed by atoms with van der Waals surface area (Å²) in [6, 6.07) is 2.96. The zero-order valence-corrected chi connectivity index (χ0v) is 8.73. The normalized spacial score (nSPS) is 9.80. The van der Waals surface area contributed by atoms with Crippen LogP contribution in [-0.4, -0.2) is 10.9 Å². The summed E-state index contributed by atoms with van der Waals surface area (Å²) < 4.78 is 4.92. The molecule has 15 heavy (non-hydrogen) atoms. The SMILES string of the molecule is CC(=O)Oc1c(C)ccc([N+](=O)[O-])c1C. The Bertz CT molecular complexity index is 426. The molecule has 0 radical (unpaired) electrons. The molecule has 0 atom stereocenters. The molecular weight excluding hydrogens is 198 g/mol. The molecule has 1 rings (SSSR count). The summed E-state index contributed by atoms with van der Waals surface area (Å²) in [5, 5.41) is 10.6. The molecule has 0 amide bonds. The summed E-state index contributed by atoms with van der Waals surface area (Å²) in [6.07, 6.45) is 0. The molecule has 0 aliphatic rings. The van der Waals surface area contributed by atoms with E-state index in [0.29, 0.717) is 11.1 Å². The third kappa shape index (κ3) is 2.31. The van der Waals surface area contributed by atoms with Crippen molar-refractivity contribution >= 4 is 11.7 Å². The molecule has 0 saturated carbocycles. The molecule has 5 heteroatoms. The van der Waals surface area contributed by atoms with Crippen LogP contribution in [0.3, 0.4) is 0 Å². The Morgan fingerprint density at radius 3 is 2.47 bits per heavy atom. The van der Waals surface area contributed by atoms with Gasteiger partial charge in [0.1, 0.15) is 5.75 Å². The van der Waals surface area contributed by atoms with Crippen molar-refractivity contribution in [2.24, 2.45) is 0 Å². The lowest BCUT2D eigenvalue weighted by Crippen LogP contribution is -2.05. The summed E-state index contributed by atoms with van der Waals surface area (Å²) in [7, 11) is 0. The number of benzene rings is 1. The van der Waals surface area contributed by atoms with Gasteiger partial charge in [0.15, 0.2) is 0 Å². The van der Waals surface area contributed by atoms with Crippen molar-refractivity contribution < 1.29 is 14.5 Å². The number of aryl methyl sites for hydroxylation is 1. The Hall–Kier alpha value is -1.91. The van der Waals surface area contributed by atoms with Crippen LogP contribution >= 0.6 is 0 Å². The van der Waals surface area contributed by atoms with Gasteiger partial charge in [-0.1, -0.05) is 0 Å². The Morgan fingerprint density at radius 1 is 1.40 bits per heavy atom. The molecular formula is C10H11NO4. The summed E-state index contributed by atoms with van der Waals surface area (Å²) in [5.41, 5.74) is 1.03. The molecule has 80 valence electrons. The number of carbonyl (C=O) groups excluding carboxylic acids is 1. The van der Waals surface area contributed by atoms with Crippen molar-refractivity contribution in [3.05, 3.63) is 33.4 Å². The van der Waals surface area contributed by atoms with Gasteiger partial charge < -0.3 is 4.74 Å². The zero-order valence-electron chi connectivity index (χ0n) is 8.73. The average molecular weight is 209 g/mol. The molecule has 0 bridgehead atoms. The van der Waals surface area contributed by atoms with Gasteiger partial charge in [-0.3, -0.25) is 14.9 Å². The molecule has 0 fully saturated rings. The molecule has 1 aromatic rings. The fourth-order valence-electron chi connectivity index (χ4n) is 1.32. The molecule has 0 aliphatic carbocycles. The van der Waals surface area contributed by atoms with E-state index in [1.54, 1.807) is 19.9 Å². The quantitative estimate of drug-likeness (QED) is 0.324. The number of hydrogen-bond acceptors (Lipinski definition) is 4. The summed E-state index contributed by atoms with van der Waals surface area (Å²) in [6.45, 7) is 4.55. The molecule has 1 aromatic carbocycles. The molecule has 5 nitrogen and oxygen atoms in total. The Labute approximate surface area is 86.8 Å². The van der Waals surface area contributed by atoms with Crippen molar-refractivity contribution in [2.75, 3.05) is 0 Å². The van der Waals surface area contributed by atoms with E-state index in [1.165, 1.54) is 13.0 Å². The van der Waals surface area contributed by atoms with E-state index >= 15 is 0 Å². The lowest BCUT2D eigenvalue weighted by Gasteiger charge is -2.08. The first-order chi connectivity index (χ1) is 6.93. The smallest absolute Gasteiger partial charge is 0.308 e. The second-order valence-corrected chi connectivity index (χ2v) is 3.21. The summed E-state index contributed by atoms with van der Waals surface area (Å²) >= 11 is 0. The predicted molar refractivity (Wildman–Crippen MR) is 53.9 cm³/mol. The van der Waals surface area contributed by atoms with E-state index in [4.69, 9.17) is 4.74 Å². The molecule has 0 unspecified atom stereocenters. The average Bonchev–Trinajstić information content (AvgIpc) is 2.11. The molecule has 0 aromatic heterocycles. The second kappa shape index (κ2) is 4.08. The predicted octanol–water partition coefficient (Wildman–Crippen LogP) is 2.14. The zero-order chi connectivity index (χ0) is 11.6. The van der Waals surface area contributed by atoms with Crippen molar-refractivity contribution in [2.45, 2.75) is 20.8 Å². The van der Waals surface area contributed by atoms with E-state index in [2.05, 4.69) is 0 Å². The number of nitrogens with zero attached hydrogens (tertiary/aromatic N) is 1. The number of nitro benzene ring substituents is 1. The van der Waals surface area contributed by atoms with E-state index in [0.717, 1.165) is 0 Å². The highest BCUT2D eigenvalue weighted by Crippen LogP contribution is 2.30. The van der Waals surface area contributed by atoms with E-state index in [9.17, 15) is 14.9 Å². The van der Waals surface area contributed by atoms with Gasteiger partial charge in [-0.15, -0.1) is 0 Å². The van der Waals surface area contributed by atoms with Crippen molar-refractivity contribution in [3.63, 3.8) is 0 Å². The van der Waals surface area contributed by atoms with E-state index in [-0.39, 0.29) is 11.4 Å². The third-order valence-electron chi connectivity index (χ3n) is 2.02. The number of esters is 1. The van der Waals surface area contributed by atoms with Crippen LogP contribution in [0.4, 0.5) is 5.69 Å². The van der Waals surface area contributed by atoms with Crippen molar-refractivity contribution in [3.8, 4) is 5.75 Å². The molecule has 0 heterocycles. The van der Waals surface area contributed by atoms with Crippen LogP contribution in [0.1, 0.15) is 18.1 Å². The van der Waals surface area contributed by atoms with Crippen molar-refractivity contribution in [1.82, 2.24) is 0 Å².